The SMILES string of the molecule is Cc1cc(C)c(NC(=O)C2CC2C(=O)Nc2ccccc2Cl)c(C)c1. The van der Waals surface area contributed by atoms with E-state index in [0.29, 0.717) is 17.1 Å². The van der Waals surface area contributed by atoms with Gasteiger partial charge in [0, 0.05) is 5.69 Å². The molecule has 0 radical (unpaired) electrons. The molecule has 1 fully saturated rings. The minimum absolute atomic E-state index is 0.102. The van der Waals surface area contributed by atoms with E-state index in [0.717, 1.165) is 22.4 Å². The Kier molecular flexibility index (Phi) is 4.82. The first kappa shape index (κ1) is 17.5. The summed E-state index contributed by atoms with van der Waals surface area (Å²) in [6.07, 6.45) is 0.562. The van der Waals surface area contributed by atoms with Gasteiger partial charge in [0.25, 0.3) is 0 Å². The molecule has 2 unspecified atom stereocenters. The van der Waals surface area contributed by atoms with Crippen LogP contribution in [0.5, 0.6) is 0 Å². The van der Waals surface area contributed by atoms with Crippen LogP contribution >= 0.6 is 11.6 Å². The van der Waals surface area contributed by atoms with E-state index >= 15 is 0 Å². The summed E-state index contributed by atoms with van der Waals surface area (Å²) in [5.41, 5.74) is 4.64. The number of nitrogens with one attached hydrogen (secondary N) is 2. The summed E-state index contributed by atoms with van der Waals surface area (Å²) in [5, 5.41) is 6.27. The van der Waals surface area contributed by atoms with E-state index in [9.17, 15) is 9.59 Å². The molecule has 0 saturated heterocycles. The van der Waals surface area contributed by atoms with Crippen molar-refractivity contribution in [3.63, 3.8) is 0 Å². The molecule has 5 heteroatoms. The Balaban J connectivity index is 1.63. The van der Waals surface area contributed by atoms with Crippen molar-refractivity contribution in [2.75, 3.05) is 10.6 Å². The summed E-state index contributed by atoms with van der Waals surface area (Å²) >= 11 is 6.05. The van der Waals surface area contributed by atoms with Crippen molar-refractivity contribution in [2.45, 2.75) is 27.2 Å². The third-order valence-electron chi connectivity index (χ3n) is 4.52. The zero-order chi connectivity index (χ0) is 18.1. The van der Waals surface area contributed by atoms with Crippen molar-refractivity contribution in [3.05, 3.63) is 58.1 Å². The molecule has 25 heavy (non-hydrogen) atoms. The van der Waals surface area contributed by atoms with Gasteiger partial charge in [-0.2, -0.15) is 0 Å². The summed E-state index contributed by atoms with van der Waals surface area (Å²) in [4.78, 5) is 24.8. The molecule has 2 aromatic carbocycles. The van der Waals surface area contributed by atoms with Crippen LogP contribution in [-0.4, -0.2) is 11.8 Å². The van der Waals surface area contributed by atoms with Crippen molar-refractivity contribution in [2.24, 2.45) is 11.8 Å². The third kappa shape index (κ3) is 3.85. The number of amides is 2. The maximum Gasteiger partial charge on any atom is 0.228 e. The molecule has 2 atom stereocenters. The Morgan fingerprint density at radius 1 is 0.960 bits per heavy atom. The average Bonchev–Trinajstić information content (AvgIpc) is 3.33. The van der Waals surface area contributed by atoms with Crippen LogP contribution in [0.15, 0.2) is 36.4 Å². The lowest BCUT2D eigenvalue weighted by Gasteiger charge is -2.13. The van der Waals surface area contributed by atoms with Crippen LogP contribution in [0.3, 0.4) is 0 Å². The average molecular weight is 357 g/mol. The van der Waals surface area contributed by atoms with Crippen LogP contribution in [-0.2, 0) is 9.59 Å². The van der Waals surface area contributed by atoms with Gasteiger partial charge >= 0.3 is 0 Å². The number of hydrogen-bond acceptors (Lipinski definition) is 2. The topological polar surface area (TPSA) is 58.2 Å². The van der Waals surface area contributed by atoms with Crippen LogP contribution in [0.2, 0.25) is 5.02 Å². The fraction of sp³-hybridized carbons (Fsp3) is 0.300. The third-order valence-corrected chi connectivity index (χ3v) is 4.85. The Hall–Kier alpha value is -2.33. The summed E-state index contributed by atoms with van der Waals surface area (Å²) in [5.74, 6) is -0.857. The van der Waals surface area contributed by atoms with Crippen LogP contribution in [0.1, 0.15) is 23.1 Å². The second kappa shape index (κ2) is 6.89. The standard InChI is InChI=1S/C20H21ClN2O2/c1-11-8-12(2)18(13(3)9-11)23-20(25)15-10-14(15)19(24)22-17-7-5-4-6-16(17)21/h4-9,14-15H,10H2,1-3H3,(H,22,24)(H,23,25). The summed E-state index contributed by atoms with van der Waals surface area (Å²) in [6.45, 7) is 5.98. The fourth-order valence-electron chi connectivity index (χ4n) is 3.16. The van der Waals surface area contributed by atoms with E-state index in [1.807, 2.05) is 39.0 Å². The van der Waals surface area contributed by atoms with Gasteiger partial charge in [-0.3, -0.25) is 9.59 Å². The smallest absolute Gasteiger partial charge is 0.228 e. The van der Waals surface area contributed by atoms with Gasteiger partial charge in [0.1, 0.15) is 0 Å². The maximum atomic E-state index is 12.5. The largest absolute Gasteiger partial charge is 0.325 e. The molecule has 2 aromatic rings. The van der Waals surface area contributed by atoms with Crippen molar-refractivity contribution < 1.29 is 9.59 Å². The highest BCUT2D eigenvalue weighted by atomic mass is 35.5. The number of benzene rings is 2. The summed E-state index contributed by atoms with van der Waals surface area (Å²) in [7, 11) is 0. The molecule has 0 heterocycles. The van der Waals surface area contributed by atoms with Gasteiger partial charge in [0.05, 0.1) is 22.5 Å². The van der Waals surface area contributed by atoms with Gasteiger partial charge in [-0.05, 0) is 50.5 Å². The van der Waals surface area contributed by atoms with Crippen molar-refractivity contribution in [3.8, 4) is 0 Å². The van der Waals surface area contributed by atoms with Gasteiger partial charge in [0.15, 0.2) is 0 Å². The highest BCUT2D eigenvalue weighted by Gasteiger charge is 2.48. The molecule has 4 nitrogen and oxygen atoms in total. The Labute approximate surface area is 152 Å². The Bertz CT molecular complexity index is 824. The van der Waals surface area contributed by atoms with E-state index in [1.54, 1.807) is 18.2 Å². The molecule has 2 N–H and O–H groups in total. The number of halogens is 1. The molecule has 130 valence electrons. The highest BCUT2D eigenvalue weighted by molar-refractivity contribution is 6.33. The first-order valence-electron chi connectivity index (χ1n) is 8.31. The molecule has 1 aliphatic carbocycles. The van der Waals surface area contributed by atoms with Gasteiger partial charge in [0.2, 0.25) is 11.8 Å². The first-order chi connectivity index (χ1) is 11.9. The van der Waals surface area contributed by atoms with Gasteiger partial charge < -0.3 is 10.6 Å². The van der Waals surface area contributed by atoms with Crippen LogP contribution in [0, 0.1) is 32.6 Å². The molecular weight excluding hydrogens is 336 g/mol. The quantitative estimate of drug-likeness (QED) is 0.848. The fourth-order valence-corrected chi connectivity index (χ4v) is 3.34. The molecule has 0 spiro atoms. The van der Waals surface area contributed by atoms with E-state index < -0.39 is 0 Å². The normalized spacial score (nSPS) is 18.6. The Morgan fingerprint density at radius 2 is 1.52 bits per heavy atom. The Morgan fingerprint density at radius 3 is 2.12 bits per heavy atom. The van der Waals surface area contributed by atoms with Gasteiger partial charge in [-0.25, -0.2) is 0 Å². The zero-order valence-electron chi connectivity index (χ0n) is 14.5. The molecule has 0 aromatic heterocycles. The van der Waals surface area contributed by atoms with Crippen molar-refractivity contribution in [1.82, 2.24) is 0 Å². The monoisotopic (exact) mass is 356 g/mol. The summed E-state index contributed by atoms with van der Waals surface area (Å²) < 4.78 is 0. The number of anilines is 2. The van der Waals surface area contributed by atoms with E-state index in [1.165, 1.54) is 0 Å². The minimum Gasteiger partial charge on any atom is -0.325 e. The minimum atomic E-state index is -0.303. The number of para-hydroxylation sites is 1. The molecule has 3 rings (SSSR count). The van der Waals surface area contributed by atoms with E-state index in [2.05, 4.69) is 10.6 Å². The van der Waals surface area contributed by atoms with E-state index in [-0.39, 0.29) is 23.7 Å². The van der Waals surface area contributed by atoms with Gasteiger partial charge in [-0.1, -0.05) is 41.4 Å². The number of carbonyl (C=O) groups excluding carboxylic acids is 2. The maximum absolute atomic E-state index is 12.5. The second-order valence-corrected chi connectivity index (χ2v) is 7.09. The molecule has 1 saturated carbocycles. The van der Waals surface area contributed by atoms with Crippen LogP contribution in [0.25, 0.3) is 0 Å². The summed E-state index contributed by atoms with van der Waals surface area (Å²) in [6, 6.07) is 11.2. The highest BCUT2D eigenvalue weighted by Crippen LogP contribution is 2.41. The lowest BCUT2D eigenvalue weighted by molar-refractivity contribution is -0.122. The lowest BCUT2D eigenvalue weighted by atomic mass is 10.0. The molecule has 0 bridgehead atoms. The molecule has 1 aliphatic rings. The lowest BCUT2D eigenvalue weighted by Crippen LogP contribution is -2.21. The number of aryl methyl sites for hydroxylation is 3. The number of carbonyl (C=O) groups is 2. The van der Waals surface area contributed by atoms with Crippen LogP contribution < -0.4 is 10.6 Å². The predicted molar refractivity (Wildman–Crippen MR) is 101 cm³/mol. The van der Waals surface area contributed by atoms with Crippen LogP contribution in [0.4, 0.5) is 11.4 Å². The van der Waals surface area contributed by atoms with E-state index in [4.69, 9.17) is 11.6 Å². The number of rotatable bonds is 4. The molecule has 2 amide bonds. The first-order valence-corrected chi connectivity index (χ1v) is 8.68. The number of hydrogen-bond donors (Lipinski definition) is 2. The second-order valence-electron chi connectivity index (χ2n) is 6.68. The van der Waals surface area contributed by atoms with Crippen molar-refractivity contribution in [1.29, 1.82) is 0 Å². The van der Waals surface area contributed by atoms with Crippen molar-refractivity contribution >= 4 is 34.8 Å². The molecule has 0 aliphatic heterocycles. The van der Waals surface area contributed by atoms with Gasteiger partial charge in [-0.15, -0.1) is 0 Å². The molecular formula is C20H21ClN2O2. The zero-order valence-corrected chi connectivity index (χ0v) is 15.3. The predicted octanol–water partition coefficient (Wildman–Crippen LogP) is 4.48.